The summed E-state index contributed by atoms with van der Waals surface area (Å²) in [7, 11) is -9.37. The average Bonchev–Trinajstić information content (AvgIpc) is 1.54. The molecule has 0 radical (unpaired) electrons. The molecule has 3 unspecified atom stereocenters. The first-order valence-corrected chi connectivity index (χ1v) is 34.9. The fourth-order valence-corrected chi connectivity index (χ4v) is 18.4. The van der Waals surface area contributed by atoms with E-state index in [0.717, 1.165) is 20.0 Å². The van der Waals surface area contributed by atoms with Gasteiger partial charge in [0.1, 0.15) is 115 Å². The highest BCUT2D eigenvalue weighted by atomic mass is 32.3. The normalized spacial score (nSPS) is 49.5. The molecule has 0 aromatic carbocycles. The van der Waals surface area contributed by atoms with Crippen LogP contribution in [0.1, 0.15) is 107 Å². The molecule has 0 amide bonds. The molecule has 0 aromatic heterocycles. The van der Waals surface area contributed by atoms with Crippen molar-refractivity contribution in [2.24, 2.45) is 39.4 Å². The van der Waals surface area contributed by atoms with E-state index in [1.165, 1.54) is 12.5 Å². The molecule has 9 fully saturated rings. The first-order chi connectivity index (χ1) is 44.2. The summed E-state index contributed by atoms with van der Waals surface area (Å²) in [6, 6.07) is 0. The lowest BCUT2D eigenvalue weighted by molar-refractivity contribution is -0.406. The van der Waals surface area contributed by atoms with Crippen LogP contribution >= 0.6 is 0 Å². The average molecular weight is 1410 g/mol. The Balaban J connectivity index is 0.913. The molecule has 95 heavy (non-hydrogen) atoms. The van der Waals surface area contributed by atoms with Crippen molar-refractivity contribution in [1.29, 1.82) is 0 Å². The third kappa shape index (κ3) is 14.1. The molecule has 32 atom stereocenters. The van der Waals surface area contributed by atoms with E-state index >= 15 is 0 Å². The number of fused-ring (bicyclic) bond motifs is 4. The molecule has 546 valence electrons. The van der Waals surface area contributed by atoms with Gasteiger partial charge < -0.3 is 118 Å². The van der Waals surface area contributed by atoms with Crippen molar-refractivity contribution in [3.05, 3.63) is 23.8 Å². The Morgan fingerprint density at radius 1 is 0.621 bits per heavy atom. The van der Waals surface area contributed by atoms with Crippen molar-refractivity contribution in [3.8, 4) is 0 Å². The molecular weight excluding hydrogens is 1310 g/mol. The number of allylic oxidation sites excluding steroid dienone is 2. The standard InChI is InChI=1S/C60H96O33S2/c1-25-44(88-51-43(71)46(36(64)29(22-62)85-51)89-50-42(70)45(80-9)37(65)30(86-50)24-82-94(74,75)76)41(69)48(90-49-40(68)39(67)35(63)28(21-61)84-49)53(83-25)91-47-38(66)31(93-95(77,78)79)23-81-52(47)87-34-15-18-57(6)26-13-20-60-33(59(8,92-54(60)72)17-10-16-55(2,3)73)14-19-58(60,7)27(26)11-12-32(57)56(34,4)5/h10-11,16,25-26,28-53,61-71,73H,12-15,17-24H2,1-9H3,(H,74,75,76)(H,77,78,79)/b16-10+/t25-,26?,28-,29-,30-,31-,32?,33?,34+,35-,36-,37-,38+,39+,40-,41+,42-,43-,44-,45+,46+,47-,48-,49+,50+,51+,52+,53+,57-,58+,59+,60-/m1/s1. The fourth-order valence-electron chi connectivity index (χ4n) is 17.6. The molecule has 6 heterocycles. The van der Waals surface area contributed by atoms with E-state index in [4.69, 9.17) is 61.0 Å². The van der Waals surface area contributed by atoms with Crippen LogP contribution in [0, 0.1) is 39.4 Å². The van der Waals surface area contributed by atoms with Crippen LogP contribution in [0.3, 0.4) is 0 Å². The van der Waals surface area contributed by atoms with E-state index < -0.39 is 228 Å². The summed E-state index contributed by atoms with van der Waals surface area (Å²) in [5, 5.41) is 134. The van der Waals surface area contributed by atoms with Crippen molar-refractivity contribution in [1.82, 2.24) is 0 Å². The van der Waals surface area contributed by atoms with Crippen molar-refractivity contribution in [3.63, 3.8) is 0 Å². The fraction of sp³-hybridized carbons (Fsp3) is 0.917. The van der Waals surface area contributed by atoms with Crippen LogP contribution in [0.25, 0.3) is 0 Å². The third-order valence-corrected chi connectivity index (χ3v) is 23.4. The Bertz CT molecular complexity index is 2990. The van der Waals surface area contributed by atoms with Crippen LogP contribution in [0.4, 0.5) is 0 Å². The molecule has 10 rings (SSSR count). The second-order valence-electron chi connectivity index (χ2n) is 29.1. The number of ether oxygens (including phenoxy) is 12. The number of aliphatic hydroxyl groups is 12. The highest BCUT2D eigenvalue weighted by molar-refractivity contribution is 7.81. The number of cyclic esters (lactones) is 1. The summed E-state index contributed by atoms with van der Waals surface area (Å²) in [6.45, 7) is 11.5. The van der Waals surface area contributed by atoms with Gasteiger partial charge in [-0.2, -0.15) is 16.8 Å². The number of carbonyl (C=O) groups is 1. The summed E-state index contributed by atoms with van der Waals surface area (Å²) in [6.07, 6.45) is -35.9. The van der Waals surface area contributed by atoms with Crippen LogP contribution in [0.15, 0.2) is 23.8 Å². The van der Waals surface area contributed by atoms with E-state index in [1.54, 1.807) is 19.9 Å². The molecule has 0 aromatic rings. The minimum absolute atomic E-state index is 0.0598. The van der Waals surface area contributed by atoms with Crippen LogP contribution < -0.4 is 0 Å². The van der Waals surface area contributed by atoms with Crippen LogP contribution in [-0.4, -0.2) is 291 Å². The molecule has 10 aliphatic rings. The van der Waals surface area contributed by atoms with Crippen molar-refractivity contribution in [2.75, 3.05) is 33.5 Å². The molecule has 33 nitrogen and oxygen atoms in total. The van der Waals surface area contributed by atoms with Crippen LogP contribution in [0.2, 0.25) is 0 Å². The number of methoxy groups -OCH3 is 1. The monoisotopic (exact) mass is 1410 g/mol. The molecule has 4 aliphatic carbocycles. The molecule has 6 saturated heterocycles. The lowest BCUT2D eigenvalue weighted by atomic mass is 9.41. The maximum absolute atomic E-state index is 14.5. The van der Waals surface area contributed by atoms with E-state index in [0.29, 0.717) is 38.5 Å². The zero-order valence-corrected chi connectivity index (χ0v) is 55.9. The maximum Gasteiger partial charge on any atom is 0.397 e. The maximum atomic E-state index is 14.5. The molecule has 6 aliphatic heterocycles. The summed E-state index contributed by atoms with van der Waals surface area (Å²) in [5.74, 6) is -0.256. The predicted octanol–water partition coefficient (Wildman–Crippen LogP) is -2.94. The van der Waals surface area contributed by atoms with Gasteiger partial charge in [0.2, 0.25) is 0 Å². The first-order valence-electron chi connectivity index (χ1n) is 32.2. The lowest BCUT2D eigenvalue weighted by Crippen LogP contribution is -2.68. The summed E-state index contributed by atoms with van der Waals surface area (Å²) < 4.78 is 148. The molecule has 14 N–H and O–H groups in total. The van der Waals surface area contributed by atoms with E-state index in [-0.39, 0.29) is 29.1 Å². The zero-order valence-electron chi connectivity index (χ0n) is 54.2. The second kappa shape index (κ2) is 27.9. The van der Waals surface area contributed by atoms with Gasteiger partial charge in [0.25, 0.3) is 0 Å². The highest BCUT2D eigenvalue weighted by Gasteiger charge is 2.76. The van der Waals surface area contributed by atoms with Gasteiger partial charge in [-0.25, -0.2) is 8.37 Å². The highest BCUT2D eigenvalue weighted by Crippen LogP contribution is 2.76. The number of carbonyl (C=O) groups excluding carboxylic acids is 1. The molecule has 35 heteroatoms. The van der Waals surface area contributed by atoms with Gasteiger partial charge in [0.15, 0.2) is 31.5 Å². The number of hydrogen-bond acceptors (Lipinski definition) is 31. The molecule has 0 bridgehead atoms. The molecular formula is C60H96O33S2. The second-order valence-corrected chi connectivity index (χ2v) is 31.2. The lowest BCUT2D eigenvalue weighted by Gasteiger charge is -2.64. The molecule has 3 saturated carbocycles. The van der Waals surface area contributed by atoms with Gasteiger partial charge in [-0.1, -0.05) is 51.5 Å². The third-order valence-electron chi connectivity index (χ3n) is 22.5. The first kappa shape index (κ1) is 75.4. The summed E-state index contributed by atoms with van der Waals surface area (Å²) >= 11 is 0. The topological polar surface area (TPSA) is 498 Å². The smallest absolute Gasteiger partial charge is 0.397 e. The number of rotatable bonds is 21. The van der Waals surface area contributed by atoms with Gasteiger partial charge in [-0.05, 0) is 95.3 Å². The largest absolute Gasteiger partial charge is 0.458 e. The van der Waals surface area contributed by atoms with E-state index in [1.807, 2.05) is 26.8 Å². The SMILES string of the molecule is CO[C@@H]1[C@@H](O)[C@H](O[C@@H]2[C@@H](O)[C@H](O[C@H]3[C@H](O)[C@@H](O[C@@H]4O[C@H](CO)[C@@H](O)[C@H](O)[C@H]4O)[C@H](O[C@H]4[C@H](O[C@H]5CC[C@]6(C)C7CC[C@]89C(=O)O[C@@](C)(C/C=C/C(C)(C)O)C8CC[C@@]9(C)C7=CCC6C5(C)C)OC[C@@H](OS(=O)(=O)O)[C@@H]4O)O[C@@H]3C)O[C@H](CO)[C@H]2O)O[C@H](COS(=O)(=O)O)[C@H]1O. The van der Waals surface area contributed by atoms with Gasteiger partial charge in [0, 0.05) is 24.9 Å². The van der Waals surface area contributed by atoms with Crippen LogP contribution in [0.5, 0.6) is 0 Å². The minimum Gasteiger partial charge on any atom is -0.458 e. The van der Waals surface area contributed by atoms with Crippen molar-refractivity contribution in [2.45, 2.75) is 271 Å². The zero-order chi connectivity index (χ0) is 69.8. The minimum atomic E-state index is -5.32. The number of aliphatic hydroxyl groups excluding tert-OH is 11. The Morgan fingerprint density at radius 3 is 1.82 bits per heavy atom. The Kier molecular flexibility index (Phi) is 22.1. The summed E-state index contributed by atoms with van der Waals surface area (Å²) in [4.78, 5) is 14.5. The van der Waals surface area contributed by atoms with Crippen molar-refractivity contribution >= 4 is 26.8 Å². The number of esters is 1. The Hall–Kier alpha value is -2.23. The Labute approximate surface area is 550 Å². The quantitative estimate of drug-likeness (QED) is 0.0311. The predicted molar refractivity (Wildman–Crippen MR) is 315 cm³/mol. The van der Waals surface area contributed by atoms with Crippen LogP contribution in [-0.2, 0) is 90.8 Å². The van der Waals surface area contributed by atoms with Gasteiger partial charge >= 0.3 is 26.8 Å². The van der Waals surface area contributed by atoms with Gasteiger partial charge in [0.05, 0.1) is 49.7 Å². The van der Waals surface area contributed by atoms with Gasteiger partial charge in [-0.15, -0.1) is 0 Å². The Morgan fingerprint density at radius 2 is 1.20 bits per heavy atom. The van der Waals surface area contributed by atoms with Crippen molar-refractivity contribution < 1.29 is 157 Å². The summed E-state index contributed by atoms with van der Waals surface area (Å²) in [5.41, 5.74) is -2.87. The van der Waals surface area contributed by atoms with E-state index in [2.05, 4.69) is 24.1 Å². The van der Waals surface area contributed by atoms with E-state index in [9.17, 15) is 92.0 Å². The number of hydrogen-bond donors (Lipinski definition) is 14. The molecule has 1 spiro atoms. The van der Waals surface area contributed by atoms with Gasteiger partial charge in [-0.3, -0.25) is 13.9 Å².